The third-order valence-electron chi connectivity index (χ3n) is 4.97. The zero-order valence-electron chi connectivity index (χ0n) is 15.7. The van der Waals surface area contributed by atoms with Gasteiger partial charge >= 0.3 is 0 Å². The zero-order chi connectivity index (χ0) is 18.8. The Morgan fingerprint density at radius 1 is 0.923 bits per heavy atom. The number of carbonyl (C=O) groups is 2. The van der Waals surface area contributed by atoms with Crippen LogP contribution in [0, 0.1) is 13.8 Å². The molecule has 0 saturated heterocycles. The average Bonchev–Trinajstić information content (AvgIpc) is 2.87. The highest BCUT2D eigenvalue weighted by Crippen LogP contribution is 2.32. The largest absolute Gasteiger partial charge is 0.362 e. The van der Waals surface area contributed by atoms with Crippen LogP contribution < -0.4 is 0 Å². The van der Waals surface area contributed by atoms with E-state index < -0.39 is 0 Å². The van der Waals surface area contributed by atoms with Crippen molar-refractivity contribution in [1.82, 2.24) is 9.80 Å². The summed E-state index contributed by atoms with van der Waals surface area (Å²) in [6, 6.07) is 15.9. The molecule has 0 saturated carbocycles. The van der Waals surface area contributed by atoms with Crippen LogP contribution in [-0.2, 0) is 16.1 Å². The number of hydrogen-bond acceptors (Lipinski definition) is 3. The van der Waals surface area contributed by atoms with Gasteiger partial charge < -0.3 is 4.90 Å². The van der Waals surface area contributed by atoms with E-state index in [0.29, 0.717) is 24.4 Å². The number of hydrogen-bond donors (Lipinski definition) is 0. The summed E-state index contributed by atoms with van der Waals surface area (Å²) in [6.45, 7) is 7.30. The molecule has 0 fully saturated rings. The molecular formula is C22H24N2O2. The van der Waals surface area contributed by atoms with Crippen molar-refractivity contribution in [2.45, 2.75) is 27.3 Å². The quantitative estimate of drug-likeness (QED) is 0.776. The Kier molecular flexibility index (Phi) is 4.94. The van der Waals surface area contributed by atoms with E-state index in [4.69, 9.17) is 0 Å². The number of imide groups is 1. The minimum atomic E-state index is -0.236. The Hall–Kier alpha value is -2.88. The van der Waals surface area contributed by atoms with Crippen LogP contribution in [0.25, 0.3) is 5.57 Å². The third-order valence-corrected chi connectivity index (χ3v) is 4.97. The Morgan fingerprint density at radius 3 is 2.23 bits per heavy atom. The zero-order valence-corrected chi connectivity index (χ0v) is 15.7. The molecule has 0 aliphatic carbocycles. The van der Waals surface area contributed by atoms with Gasteiger partial charge in [-0.05, 0) is 43.0 Å². The smallest absolute Gasteiger partial charge is 0.277 e. The van der Waals surface area contributed by atoms with Crippen molar-refractivity contribution in [1.29, 1.82) is 0 Å². The second kappa shape index (κ2) is 7.16. The molecule has 0 spiro atoms. The van der Waals surface area contributed by atoms with Gasteiger partial charge in [-0.25, -0.2) is 0 Å². The maximum Gasteiger partial charge on any atom is 0.277 e. The van der Waals surface area contributed by atoms with E-state index in [2.05, 4.69) is 0 Å². The van der Waals surface area contributed by atoms with Crippen molar-refractivity contribution in [2.24, 2.45) is 0 Å². The molecule has 2 aromatic carbocycles. The first-order valence-corrected chi connectivity index (χ1v) is 8.87. The van der Waals surface area contributed by atoms with Crippen LogP contribution in [0.3, 0.4) is 0 Å². The van der Waals surface area contributed by atoms with Crippen molar-refractivity contribution < 1.29 is 9.59 Å². The summed E-state index contributed by atoms with van der Waals surface area (Å²) < 4.78 is 0. The normalized spacial score (nSPS) is 14.4. The molecule has 26 heavy (non-hydrogen) atoms. The molecule has 0 N–H and O–H groups in total. The summed E-state index contributed by atoms with van der Waals surface area (Å²) in [5.41, 5.74) is 5.17. The van der Waals surface area contributed by atoms with Crippen LogP contribution in [0.4, 0.5) is 0 Å². The fraction of sp³-hybridized carbons (Fsp3) is 0.273. The minimum absolute atomic E-state index is 0.235. The lowest BCUT2D eigenvalue weighted by Crippen LogP contribution is -2.32. The highest BCUT2D eigenvalue weighted by Gasteiger charge is 2.39. The average molecular weight is 348 g/mol. The molecule has 0 radical (unpaired) electrons. The fourth-order valence-corrected chi connectivity index (χ4v) is 3.23. The van der Waals surface area contributed by atoms with E-state index in [0.717, 1.165) is 22.3 Å². The third kappa shape index (κ3) is 3.15. The van der Waals surface area contributed by atoms with E-state index in [1.54, 1.807) is 7.05 Å². The van der Waals surface area contributed by atoms with Gasteiger partial charge in [-0.2, -0.15) is 0 Å². The number of likely N-dealkylation sites (N-methyl/N-ethyl adjacent to an activating group) is 2. The second-order valence-corrected chi connectivity index (χ2v) is 6.69. The molecule has 0 bridgehead atoms. The minimum Gasteiger partial charge on any atom is -0.362 e. The van der Waals surface area contributed by atoms with Gasteiger partial charge in [-0.1, -0.05) is 48.5 Å². The van der Waals surface area contributed by atoms with Gasteiger partial charge in [-0.3, -0.25) is 14.5 Å². The lowest BCUT2D eigenvalue weighted by molar-refractivity contribution is -0.135. The molecule has 1 aliphatic rings. The molecule has 4 heteroatoms. The van der Waals surface area contributed by atoms with Crippen LogP contribution >= 0.6 is 0 Å². The van der Waals surface area contributed by atoms with Gasteiger partial charge in [-0.15, -0.1) is 0 Å². The first kappa shape index (κ1) is 17.9. The van der Waals surface area contributed by atoms with E-state index in [9.17, 15) is 9.59 Å². The number of benzene rings is 2. The summed E-state index contributed by atoms with van der Waals surface area (Å²) in [5, 5.41) is 0. The molecule has 4 nitrogen and oxygen atoms in total. The van der Waals surface area contributed by atoms with Crippen molar-refractivity contribution in [3.05, 3.63) is 76.5 Å². The summed E-state index contributed by atoms with van der Waals surface area (Å²) in [4.78, 5) is 28.9. The molecule has 134 valence electrons. The summed E-state index contributed by atoms with van der Waals surface area (Å²) in [5.74, 6) is -0.472. The molecular weight excluding hydrogens is 324 g/mol. The molecule has 1 aliphatic heterocycles. The van der Waals surface area contributed by atoms with Gasteiger partial charge in [0.25, 0.3) is 11.8 Å². The highest BCUT2D eigenvalue weighted by molar-refractivity contribution is 6.35. The number of amides is 2. The predicted molar refractivity (Wildman–Crippen MR) is 103 cm³/mol. The van der Waals surface area contributed by atoms with Gasteiger partial charge in [0, 0.05) is 20.1 Å². The van der Waals surface area contributed by atoms with E-state index in [1.165, 1.54) is 4.90 Å². The topological polar surface area (TPSA) is 40.6 Å². The number of carbonyl (C=O) groups excluding carboxylic acids is 2. The van der Waals surface area contributed by atoms with Gasteiger partial charge in [0.1, 0.15) is 5.70 Å². The Balaban J connectivity index is 2.10. The van der Waals surface area contributed by atoms with Crippen LogP contribution in [0.2, 0.25) is 0 Å². The van der Waals surface area contributed by atoms with Gasteiger partial charge in [0.2, 0.25) is 0 Å². The summed E-state index contributed by atoms with van der Waals surface area (Å²) in [7, 11) is 1.55. The van der Waals surface area contributed by atoms with Gasteiger partial charge in [0.15, 0.2) is 0 Å². The van der Waals surface area contributed by atoms with Crippen molar-refractivity contribution in [2.75, 3.05) is 13.6 Å². The fourth-order valence-electron chi connectivity index (χ4n) is 3.23. The number of aryl methyl sites for hydroxylation is 2. The second-order valence-electron chi connectivity index (χ2n) is 6.69. The molecule has 3 rings (SSSR count). The van der Waals surface area contributed by atoms with Crippen LogP contribution in [0.1, 0.15) is 29.2 Å². The van der Waals surface area contributed by atoms with Crippen molar-refractivity contribution in [3.8, 4) is 0 Å². The van der Waals surface area contributed by atoms with Crippen LogP contribution in [-0.4, -0.2) is 35.2 Å². The van der Waals surface area contributed by atoms with E-state index in [-0.39, 0.29) is 11.8 Å². The number of nitrogens with zero attached hydrogens (tertiary/aromatic N) is 2. The van der Waals surface area contributed by atoms with Crippen LogP contribution in [0.15, 0.2) is 54.2 Å². The predicted octanol–water partition coefficient (Wildman–Crippen LogP) is 3.54. The highest BCUT2D eigenvalue weighted by atomic mass is 16.2. The summed E-state index contributed by atoms with van der Waals surface area (Å²) >= 11 is 0. The molecule has 1 heterocycles. The molecule has 2 amide bonds. The lowest BCUT2D eigenvalue weighted by Gasteiger charge is -2.24. The first-order chi connectivity index (χ1) is 12.4. The van der Waals surface area contributed by atoms with Crippen molar-refractivity contribution in [3.63, 3.8) is 0 Å². The van der Waals surface area contributed by atoms with Gasteiger partial charge in [0.05, 0.1) is 5.57 Å². The molecule has 0 aromatic heterocycles. The van der Waals surface area contributed by atoms with E-state index >= 15 is 0 Å². The standard InChI is InChI=1S/C22H24N2O2/c1-5-24(14-17-9-7-6-8-10-17)20-19(21(25)23(4)22(20)26)18-12-11-15(2)16(3)13-18/h6-13H,5,14H2,1-4H3. The molecule has 0 atom stereocenters. The van der Waals surface area contributed by atoms with Crippen molar-refractivity contribution >= 4 is 17.4 Å². The van der Waals surface area contributed by atoms with Crippen LogP contribution in [0.5, 0.6) is 0 Å². The first-order valence-electron chi connectivity index (χ1n) is 8.87. The Bertz CT molecular complexity index is 884. The summed E-state index contributed by atoms with van der Waals surface area (Å²) in [6.07, 6.45) is 0. The Morgan fingerprint density at radius 2 is 1.62 bits per heavy atom. The maximum absolute atomic E-state index is 12.8. The molecule has 0 unspecified atom stereocenters. The Labute approximate surface area is 154 Å². The number of rotatable bonds is 5. The monoisotopic (exact) mass is 348 g/mol. The maximum atomic E-state index is 12.8. The molecule has 2 aromatic rings. The lowest BCUT2D eigenvalue weighted by atomic mass is 9.99. The SMILES string of the molecule is CCN(Cc1ccccc1)C1=C(c2ccc(C)c(C)c2)C(=O)N(C)C1=O. The van der Waals surface area contributed by atoms with E-state index in [1.807, 2.05) is 74.2 Å².